The molecule has 3 nitrogen and oxygen atoms in total. The molecule has 0 aromatic rings. The van der Waals surface area contributed by atoms with Crippen LogP contribution in [0.4, 0.5) is 0 Å². The third kappa shape index (κ3) is 4.42. The van der Waals surface area contributed by atoms with E-state index in [1.54, 1.807) is 13.8 Å². The molecule has 0 radical (unpaired) electrons. The molecule has 9 heavy (non-hydrogen) atoms. The fraction of sp³-hybridized carbons (Fsp3) is 0.800. The largest absolute Gasteiger partial charge is 0.550 e. The maximum Gasteiger partial charge on any atom is 0.0453 e. The number of hydrogen-bond donors (Lipinski definition) is 1. The molecule has 0 bridgehead atoms. The number of aliphatic carboxylic acids is 1. The van der Waals surface area contributed by atoms with E-state index in [1.807, 2.05) is 0 Å². The van der Waals surface area contributed by atoms with Crippen molar-refractivity contribution in [1.29, 1.82) is 0 Å². The molecule has 0 aliphatic heterocycles. The van der Waals surface area contributed by atoms with E-state index in [9.17, 15) is 9.90 Å². The lowest BCUT2D eigenvalue weighted by Gasteiger charge is -2.13. The number of alkyl halides is 1. The highest BCUT2D eigenvalue weighted by atomic mass is 79.9. The SMILES string of the molecule is CC(Br)C(C)C(=O)[O-].[NH4+]. The summed E-state index contributed by atoms with van der Waals surface area (Å²) < 4.78 is 0. The van der Waals surface area contributed by atoms with Gasteiger partial charge in [-0.25, -0.2) is 0 Å². The van der Waals surface area contributed by atoms with E-state index in [0.717, 1.165) is 0 Å². The Kier molecular flexibility index (Phi) is 6.17. The third-order valence-electron chi connectivity index (χ3n) is 1.06. The standard InChI is InChI=1S/C5H9BrO2.H3N/c1-3(4(2)6)5(7)8;/h3-4H,1-2H3,(H,7,8);1H3. The average molecular weight is 198 g/mol. The molecule has 4 heteroatoms. The fourth-order valence-electron chi connectivity index (χ4n) is 0.188. The van der Waals surface area contributed by atoms with Gasteiger partial charge in [-0.05, 0) is 0 Å². The molecule has 0 aliphatic carbocycles. The molecule has 2 atom stereocenters. The lowest BCUT2D eigenvalue weighted by molar-refractivity contribution is -0.310. The van der Waals surface area contributed by atoms with E-state index in [0.29, 0.717) is 0 Å². The Bertz CT molecular complexity index is 95.0. The molecule has 2 unspecified atom stereocenters. The summed E-state index contributed by atoms with van der Waals surface area (Å²) in [6.45, 7) is 3.38. The Morgan fingerprint density at radius 2 is 1.89 bits per heavy atom. The average Bonchev–Trinajstić information content (AvgIpc) is 1.64. The second-order valence-electron chi connectivity index (χ2n) is 1.79. The van der Waals surface area contributed by atoms with Crippen LogP contribution in [0.5, 0.6) is 0 Å². The Hall–Kier alpha value is -0.0900. The van der Waals surface area contributed by atoms with Gasteiger partial charge in [0.1, 0.15) is 0 Å². The van der Waals surface area contributed by atoms with Gasteiger partial charge in [0.25, 0.3) is 0 Å². The lowest BCUT2D eigenvalue weighted by Crippen LogP contribution is -2.33. The topological polar surface area (TPSA) is 76.6 Å². The Balaban J connectivity index is 0. The van der Waals surface area contributed by atoms with E-state index in [1.165, 1.54) is 0 Å². The minimum absolute atomic E-state index is 0. The molecule has 0 rings (SSSR count). The Morgan fingerprint density at radius 3 is 1.89 bits per heavy atom. The zero-order chi connectivity index (χ0) is 6.73. The van der Waals surface area contributed by atoms with Crippen molar-refractivity contribution in [2.24, 2.45) is 5.92 Å². The molecule has 0 amide bonds. The fourth-order valence-corrected chi connectivity index (χ4v) is 0.403. The van der Waals surface area contributed by atoms with Gasteiger partial charge in [0.05, 0.1) is 0 Å². The molecule has 0 aromatic heterocycles. The van der Waals surface area contributed by atoms with E-state index in [-0.39, 0.29) is 11.0 Å². The minimum Gasteiger partial charge on any atom is -0.550 e. The zero-order valence-corrected chi connectivity index (χ0v) is 7.44. The number of carboxylic acid groups (broad SMARTS) is 1. The predicted molar refractivity (Wildman–Crippen MR) is 38.5 cm³/mol. The summed E-state index contributed by atoms with van der Waals surface area (Å²) in [6, 6.07) is 0. The molecule has 0 aromatic carbocycles. The highest BCUT2D eigenvalue weighted by Crippen LogP contribution is 2.09. The number of halogens is 1. The number of carbonyl (C=O) groups excluding carboxylic acids is 1. The first kappa shape index (κ1) is 11.7. The molecule has 0 saturated heterocycles. The second kappa shape index (κ2) is 4.76. The van der Waals surface area contributed by atoms with Crippen molar-refractivity contribution in [3.63, 3.8) is 0 Å². The van der Waals surface area contributed by atoms with Gasteiger partial charge in [-0.1, -0.05) is 29.8 Å². The van der Waals surface area contributed by atoms with E-state index < -0.39 is 11.9 Å². The number of quaternary nitrogens is 1. The molecule has 4 N–H and O–H groups in total. The molecule has 0 aliphatic rings. The van der Waals surface area contributed by atoms with Gasteiger partial charge in [-0.15, -0.1) is 0 Å². The van der Waals surface area contributed by atoms with Gasteiger partial charge in [0.15, 0.2) is 0 Å². The zero-order valence-electron chi connectivity index (χ0n) is 5.85. The van der Waals surface area contributed by atoms with Crippen molar-refractivity contribution in [2.45, 2.75) is 18.7 Å². The van der Waals surface area contributed by atoms with Gasteiger partial charge in [0, 0.05) is 16.7 Å². The van der Waals surface area contributed by atoms with Crippen LogP contribution in [0, 0.1) is 5.92 Å². The van der Waals surface area contributed by atoms with Crippen LogP contribution in [0.3, 0.4) is 0 Å². The third-order valence-corrected chi connectivity index (χ3v) is 1.85. The number of carboxylic acids is 1. The predicted octanol–water partition coefficient (Wildman–Crippen LogP) is 0.532. The van der Waals surface area contributed by atoms with Crippen molar-refractivity contribution >= 4 is 21.9 Å². The summed E-state index contributed by atoms with van der Waals surface area (Å²) >= 11 is 3.12. The summed E-state index contributed by atoms with van der Waals surface area (Å²) in [7, 11) is 0. The molecular formula is C5H12BrNO2. The van der Waals surface area contributed by atoms with Gasteiger partial charge < -0.3 is 16.1 Å². The van der Waals surface area contributed by atoms with Crippen LogP contribution >= 0.6 is 15.9 Å². The molecule has 0 saturated carbocycles. The number of rotatable bonds is 2. The highest BCUT2D eigenvalue weighted by Gasteiger charge is 2.07. The number of hydrogen-bond acceptors (Lipinski definition) is 2. The molecule has 0 heterocycles. The first-order valence-corrected chi connectivity index (χ1v) is 3.32. The quantitative estimate of drug-likeness (QED) is 0.657. The molecular weight excluding hydrogens is 186 g/mol. The Morgan fingerprint density at radius 1 is 1.56 bits per heavy atom. The normalized spacial score (nSPS) is 15.4. The van der Waals surface area contributed by atoms with Crippen molar-refractivity contribution < 1.29 is 9.90 Å². The number of carbonyl (C=O) groups is 1. The van der Waals surface area contributed by atoms with Crippen LogP contribution in [-0.4, -0.2) is 10.8 Å². The summed E-state index contributed by atoms with van der Waals surface area (Å²) in [5.74, 6) is -1.41. The van der Waals surface area contributed by atoms with Crippen molar-refractivity contribution in [2.75, 3.05) is 0 Å². The van der Waals surface area contributed by atoms with E-state index in [4.69, 9.17) is 0 Å². The van der Waals surface area contributed by atoms with Gasteiger partial charge in [-0.2, -0.15) is 0 Å². The first-order chi connectivity index (χ1) is 3.55. The van der Waals surface area contributed by atoms with Crippen LogP contribution in [0.2, 0.25) is 0 Å². The smallest absolute Gasteiger partial charge is 0.0453 e. The molecule has 0 spiro atoms. The van der Waals surface area contributed by atoms with Crippen LogP contribution in [0.25, 0.3) is 0 Å². The van der Waals surface area contributed by atoms with Crippen molar-refractivity contribution in [1.82, 2.24) is 6.15 Å². The van der Waals surface area contributed by atoms with Crippen molar-refractivity contribution in [3.05, 3.63) is 0 Å². The summed E-state index contributed by atoms with van der Waals surface area (Å²) in [5, 5.41) is 10.00. The monoisotopic (exact) mass is 197 g/mol. The molecule has 0 fully saturated rings. The van der Waals surface area contributed by atoms with Crippen LogP contribution in [-0.2, 0) is 4.79 Å². The van der Waals surface area contributed by atoms with Crippen molar-refractivity contribution in [3.8, 4) is 0 Å². The minimum atomic E-state index is -1.01. The lowest BCUT2D eigenvalue weighted by atomic mass is 10.1. The van der Waals surface area contributed by atoms with E-state index >= 15 is 0 Å². The summed E-state index contributed by atoms with van der Waals surface area (Å²) in [6.07, 6.45) is 0. The summed E-state index contributed by atoms with van der Waals surface area (Å²) in [5.41, 5.74) is 0. The van der Waals surface area contributed by atoms with Gasteiger partial charge in [0.2, 0.25) is 0 Å². The summed E-state index contributed by atoms with van der Waals surface area (Å²) in [4.78, 5) is 9.99. The Labute approximate surface area is 63.2 Å². The van der Waals surface area contributed by atoms with Gasteiger partial charge in [-0.3, -0.25) is 0 Å². The van der Waals surface area contributed by atoms with Crippen LogP contribution in [0.15, 0.2) is 0 Å². The highest BCUT2D eigenvalue weighted by molar-refractivity contribution is 9.09. The van der Waals surface area contributed by atoms with Crippen LogP contribution < -0.4 is 11.3 Å². The second-order valence-corrected chi connectivity index (χ2v) is 3.23. The van der Waals surface area contributed by atoms with E-state index in [2.05, 4.69) is 15.9 Å². The van der Waals surface area contributed by atoms with Crippen LogP contribution in [0.1, 0.15) is 13.8 Å². The first-order valence-electron chi connectivity index (χ1n) is 2.40. The van der Waals surface area contributed by atoms with Gasteiger partial charge >= 0.3 is 0 Å². The maximum atomic E-state index is 10.00. The maximum absolute atomic E-state index is 10.00. The molecule has 56 valence electrons.